The van der Waals surface area contributed by atoms with Crippen molar-refractivity contribution in [2.24, 2.45) is 0 Å². The Morgan fingerprint density at radius 2 is 2.20 bits per heavy atom. The lowest BCUT2D eigenvalue weighted by atomic mass is 10.3. The van der Waals surface area contributed by atoms with Crippen LogP contribution in [0.5, 0.6) is 5.75 Å². The van der Waals surface area contributed by atoms with Crippen molar-refractivity contribution >= 4 is 26.0 Å². The molecular formula is C13H18BrNO4S. The molecule has 20 heavy (non-hydrogen) atoms. The molecule has 0 atom stereocenters. The van der Waals surface area contributed by atoms with Gasteiger partial charge in [-0.3, -0.25) is 0 Å². The standard InChI is InChI=1S/C13H18BrNO4S/c1-3-7-15(8-9-16)20(17,18)13-10-11(14)5-6-12(13)19-4-2/h3,5-6,10,16H,1,4,7-9H2,2H3. The van der Waals surface area contributed by atoms with Gasteiger partial charge in [0.1, 0.15) is 10.6 Å². The van der Waals surface area contributed by atoms with Crippen LogP contribution in [0.15, 0.2) is 40.2 Å². The molecule has 0 aliphatic rings. The van der Waals surface area contributed by atoms with Crippen LogP contribution in [0.25, 0.3) is 0 Å². The molecule has 1 N–H and O–H groups in total. The van der Waals surface area contributed by atoms with Gasteiger partial charge in [-0.15, -0.1) is 6.58 Å². The molecule has 0 radical (unpaired) electrons. The van der Waals surface area contributed by atoms with E-state index in [1.807, 2.05) is 0 Å². The summed E-state index contributed by atoms with van der Waals surface area (Å²) in [5, 5.41) is 9.02. The normalized spacial score (nSPS) is 11.6. The van der Waals surface area contributed by atoms with Gasteiger partial charge in [-0.1, -0.05) is 22.0 Å². The topological polar surface area (TPSA) is 66.8 Å². The minimum absolute atomic E-state index is 0.00638. The molecule has 5 nitrogen and oxygen atoms in total. The van der Waals surface area contributed by atoms with Gasteiger partial charge >= 0.3 is 0 Å². The number of hydrogen-bond acceptors (Lipinski definition) is 4. The molecule has 0 fully saturated rings. The van der Waals surface area contributed by atoms with Crippen molar-refractivity contribution in [3.8, 4) is 5.75 Å². The van der Waals surface area contributed by atoms with E-state index in [-0.39, 0.29) is 24.6 Å². The number of benzene rings is 1. The zero-order valence-electron chi connectivity index (χ0n) is 11.3. The van der Waals surface area contributed by atoms with Crippen LogP contribution in [0, 0.1) is 0 Å². The molecule has 0 heterocycles. The first-order chi connectivity index (χ1) is 9.47. The lowest BCUT2D eigenvalue weighted by Crippen LogP contribution is -2.34. The summed E-state index contributed by atoms with van der Waals surface area (Å²) < 4.78 is 32.4. The Hall–Kier alpha value is -0.890. The van der Waals surface area contributed by atoms with Gasteiger partial charge in [-0.05, 0) is 25.1 Å². The van der Waals surface area contributed by atoms with Gasteiger partial charge in [0, 0.05) is 17.6 Å². The summed E-state index contributed by atoms with van der Waals surface area (Å²) in [4.78, 5) is 0.0732. The molecule has 0 unspecified atom stereocenters. The minimum atomic E-state index is -3.75. The second-order valence-corrected chi connectivity index (χ2v) is 6.72. The van der Waals surface area contributed by atoms with Crippen LogP contribution in [0.4, 0.5) is 0 Å². The van der Waals surface area contributed by atoms with Crippen LogP contribution in [0.1, 0.15) is 6.92 Å². The van der Waals surface area contributed by atoms with E-state index in [1.54, 1.807) is 19.1 Å². The Morgan fingerprint density at radius 1 is 1.50 bits per heavy atom. The number of aliphatic hydroxyl groups is 1. The van der Waals surface area contributed by atoms with E-state index in [0.29, 0.717) is 16.8 Å². The molecule has 1 aromatic rings. The number of hydrogen-bond donors (Lipinski definition) is 1. The highest BCUT2D eigenvalue weighted by Crippen LogP contribution is 2.30. The fourth-order valence-corrected chi connectivity index (χ4v) is 3.73. The Balaban J connectivity index is 3.30. The van der Waals surface area contributed by atoms with Crippen molar-refractivity contribution in [1.29, 1.82) is 0 Å². The predicted molar refractivity (Wildman–Crippen MR) is 81.4 cm³/mol. The fraction of sp³-hybridized carbons (Fsp3) is 0.385. The first kappa shape index (κ1) is 17.2. The molecule has 0 aliphatic heterocycles. The highest BCUT2D eigenvalue weighted by molar-refractivity contribution is 9.10. The van der Waals surface area contributed by atoms with Gasteiger partial charge in [-0.25, -0.2) is 8.42 Å². The van der Waals surface area contributed by atoms with E-state index in [1.165, 1.54) is 12.1 Å². The number of halogens is 1. The van der Waals surface area contributed by atoms with E-state index in [4.69, 9.17) is 9.84 Å². The van der Waals surface area contributed by atoms with E-state index < -0.39 is 10.0 Å². The monoisotopic (exact) mass is 363 g/mol. The Bertz CT molecular complexity index is 559. The van der Waals surface area contributed by atoms with Gasteiger partial charge < -0.3 is 9.84 Å². The van der Waals surface area contributed by atoms with Gasteiger partial charge in [-0.2, -0.15) is 4.31 Å². The van der Waals surface area contributed by atoms with Gasteiger partial charge in [0.05, 0.1) is 13.2 Å². The molecule has 0 aliphatic carbocycles. The Morgan fingerprint density at radius 3 is 2.75 bits per heavy atom. The first-order valence-corrected chi connectivity index (χ1v) is 8.35. The minimum Gasteiger partial charge on any atom is -0.492 e. The van der Waals surface area contributed by atoms with Crippen molar-refractivity contribution in [2.45, 2.75) is 11.8 Å². The molecule has 0 aromatic heterocycles. The third kappa shape index (κ3) is 4.05. The third-order valence-corrected chi connectivity index (χ3v) is 4.89. The maximum absolute atomic E-state index is 12.6. The van der Waals surface area contributed by atoms with Crippen LogP contribution in [-0.2, 0) is 10.0 Å². The van der Waals surface area contributed by atoms with Crippen molar-refractivity contribution in [3.63, 3.8) is 0 Å². The number of sulfonamides is 1. The molecule has 0 bridgehead atoms. The molecule has 0 saturated carbocycles. The highest BCUT2D eigenvalue weighted by Gasteiger charge is 2.27. The zero-order chi connectivity index (χ0) is 15.2. The van der Waals surface area contributed by atoms with Crippen LogP contribution < -0.4 is 4.74 Å². The second-order valence-electron chi connectivity index (χ2n) is 3.90. The largest absolute Gasteiger partial charge is 0.492 e. The summed E-state index contributed by atoms with van der Waals surface area (Å²) in [6.07, 6.45) is 1.48. The molecule has 7 heteroatoms. The SMILES string of the molecule is C=CCN(CCO)S(=O)(=O)c1cc(Br)ccc1OCC. The summed E-state index contributed by atoms with van der Waals surface area (Å²) >= 11 is 3.26. The molecule has 1 rings (SSSR count). The summed E-state index contributed by atoms with van der Waals surface area (Å²) in [5.74, 6) is 0.294. The lowest BCUT2D eigenvalue weighted by Gasteiger charge is -2.21. The smallest absolute Gasteiger partial charge is 0.247 e. The predicted octanol–water partition coefficient (Wildman–Crippen LogP) is 2.02. The summed E-state index contributed by atoms with van der Waals surface area (Å²) in [6, 6.07) is 4.81. The van der Waals surface area contributed by atoms with Crippen LogP contribution in [0.2, 0.25) is 0 Å². The second kappa shape index (κ2) is 7.78. The van der Waals surface area contributed by atoms with Crippen molar-refractivity contribution < 1.29 is 18.3 Å². The van der Waals surface area contributed by atoms with Gasteiger partial charge in [0.2, 0.25) is 10.0 Å². The van der Waals surface area contributed by atoms with Gasteiger partial charge in [0.15, 0.2) is 0 Å². The summed E-state index contributed by atoms with van der Waals surface area (Å²) in [6.45, 7) is 5.56. The number of nitrogens with zero attached hydrogens (tertiary/aromatic N) is 1. The number of aliphatic hydroxyl groups excluding tert-OH is 1. The van der Waals surface area contributed by atoms with Crippen molar-refractivity contribution in [1.82, 2.24) is 4.31 Å². The van der Waals surface area contributed by atoms with E-state index in [9.17, 15) is 8.42 Å². The number of ether oxygens (including phenoxy) is 1. The van der Waals surface area contributed by atoms with E-state index in [0.717, 1.165) is 4.31 Å². The van der Waals surface area contributed by atoms with E-state index >= 15 is 0 Å². The summed E-state index contributed by atoms with van der Waals surface area (Å²) in [7, 11) is -3.75. The lowest BCUT2D eigenvalue weighted by molar-refractivity contribution is 0.259. The average Bonchev–Trinajstić information content (AvgIpc) is 2.40. The molecule has 0 saturated heterocycles. The zero-order valence-corrected chi connectivity index (χ0v) is 13.7. The maximum atomic E-state index is 12.6. The van der Waals surface area contributed by atoms with Crippen LogP contribution >= 0.6 is 15.9 Å². The highest BCUT2D eigenvalue weighted by atomic mass is 79.9. The summed E-state index contributed by atoms with van der Waals surface area (Å²) in [5.41, 5.74) is 0. The molecule has 112 valence electrons. The number of rotatable bonds is 8. The molecule has 1 aromatic carbocycles. The van der Waals surface area contributed by atoms with Crippen LogP contribution in [-0.4, -0.2) is 44.1 Å². The molecule has 0 spiro atoms. The van der Waals surface area contributed by atoms with Gasteiger partial charge in [0.25, 0.3) is 0 Å². The van der Waals surface area contributed by atoms with E-state index in [2.05, 4.69) is 22.5 Å². The maximum Gasteiger partial charge on any atom is 0.247 e. The van der Waals surface area contributed by atoms with Crippen LogP contribution in [0.3, 0.4) is 0 Å². The van der Waals surface area contributed by atoms with Crippen molar-refractivity contribution in [2.75, 3.05) is 26.3 Å². The Kier molecular flexibility index (Phi) is 6.67. The third-order valence-electron chi connectivity index (χ3n) is 2.51. The molecule has 0 amide bonds. The first-order valence-electron chi connectivity index (χ1n) is 6.11. The van der Waals surface area contributed by atoms with Crippen molar-refractivity contribution in [3.05, 3.63) is 35.3 Å². The molecular weight excluding hydrogens is 346 g/mol. The fourth-order valence-electron chi connectivity index (χ4n) is 1.66. The Labute approximate surface area is 128 Å². The quantitative estimate of drug-likeness (QED) is 0.717. The average molecular weight is 364 g/mol.